The maximum Gasteiger partial charge on any atom is 0.335 e. The van der Waals surface area contributed by atoms with Crippen molar-refractivity contribution < 1.29 is 19.8 Å². The van der Waals surface area contributed by atoms with E-state index in [0.717, 1.165) is 32.1 Å². The van der Waals surface area contributed by atoms with Crippen LogP contribution in [0, 0.1) is 5.92 Å². The fourth-order valence-corrected chi connectivity index (χ4v) is 3.01. The molecule has 2 rings (SSSR count). The third-order valence-electron chi connectivity index (χ3n) is 4.24. The van der Waals surface area contributed by atoms with Gasteiger partial charge in [0.25, 0.3) is 0 Å². The van der Waals surface area contributed by atoms with Crippen LogP contribution in [0.5, 0.6) is 0 Å². The Morgan fingerprint density at radius 1 is 1.00 bits per heavy atom. The molecule has 0 spiro atoms. The second-order valence-electron chi connectivity index (χ2n) is 5.58. The molecule has 4 nitrogen and oxygen atoms in total. The van der Waals surface area contributed by atoms with Crippen LogP contribution in [0.2, 0.25) is 0 Å². The summed E-state index contributed by atoms with van der Waals surface area (Å²) in [5.41, 5.74) is 1.52. The predicted octanol–water partition coefficient (Wildman–Crippen LogP) is 3.52. The van der Waals surface area contributed by atoms with Crippen LogP contribution in [0.4, 0.5) is 0 Å². The summed E-state index contributed by atoms with van der Waals surface area (Å²) in [4.78, 5) is 21.4. The summed E-state index contributed by atoms with van der Waals surface area (Å²) in [7, 11) is 0. The van der Waals surface area contributed by atoms with E-state index in [0.29, 0.717) is 17.4 Å². The highest BCUT2D eigenvalue weighted by Gasteiger charge is 2.22. The lowest BCUT2D eigenvalue weighted by Gasteiger charge is -2.28. The molecule has 0 saturated heterocycles. The Morgan fingerprint density at radius 3 is 2.10 bits per heavy atom. The average molecular weight is 276 g/mol. The number of aromatic carboxylic acids is 1. The van der Waals surface area contributed by atoms with Crippen molar-refractivity contribution in [1.29, 1.82) is 0 Å². The highest BCUT2D eigenvalue weighted by molar-refractivity contribution is 5.87. The summed E-state index contributed by atoms with van der Waals surface area (Å²) in [5, 5.41) is 17.6. The summed E-state index contributed by atoms with van der Waals surface area (Å²) in [6, 6.07) is 7.14. The van der Waals surface area contributed by atoms with Gasteiger partial charge in [-0.15, -0.1) is 0 Å². The van der Waals surface area contributed by atoms with Gasteiger partial charge in [-0.1, -0.05) is 12.1 Å². The molecule has 0 radical (unpaired) electrons. The van der Waals surface area contributed by atoms with Crippen molar-refractivity contribution in [2.75, 3.05) is 0 Å². The lowest BCUT2D eigenvalue weighted by molar-refractivity contribution is -0.137. The van der Waals surface area contributed by atoms with Gasteiger partial charge in [0.05, 0.1) is 5.56 Å². The maximum atomic E-state index is 10.8. The van der Waals surface area contributed by atoms with Crippen LogP contribution < -0.4 is 0 Å². The molecule has 1 aromatic carbocycles. The summed E-state index contributed by atoms with van der Waals surface area (Å²) in [6.45, 7) is 0. The lowest BCUT2D eigenvalue weighted by Crippen LogP contribution is -2.14. The van der Waals surface area contributed by atoms with Crippen LogP contribution in [0.15, 0.2) is 24.3 Å². The van der Waals surface area contributed by atoms with Crippen molar-refractivity contribution in [3.05, 3.63) is 35.4 Å². The molecule has 1 fully saturated rings. The van der Waals surface area contributed by atoms with Gasteiger partial charge in [0, 0.05) is 6.42 Å². The van der Waals surface area contributed by atoms with Crippen molar-refractivity contribution in [2.45, 2.75) is 44.4 Å². The molecule has 0 bridgehead atoms. The molecule has 0 aromatic heterocycles. The molecular weight excluding hydrogens is 256 g/mol. The fourth-order valence-electron chi connectivity index (χ4n) is 3.01. The standard InChI is InChI=1S/C16H20O4/c17-15(18)10-3-11-1-4-12(5-2-11)13-6-8-14(9-7-13)16(19)20/h6-9,11-12H,1-5,10H2,(H,17,18)(H,19,20). The molecule has 0 unspecified atom stereocenters. The van der Waals surface area contributed by atoms with E-state index in [1.807, 2.05) is 12.1 Å². The molecule has 1 aromatic rings. The van der Waals surface area contributed by atoms with Crippen molar-refractivity contribution in [3.63, 3.8) is 0 Å². The van der Waals surface area contributed by atoms with Crippen LogP contribution in [-0.4, -0.2) is 22.2 Å². The van der Waals surface area contributed by atoms with Crippen molar-refractivity contribution in [2.24, 2.45) is 5.92 Å². The van der Waals surface area contributed by atoms with Gasteiger partial charge in [0.15, 0.2) is 0 Å². The predicted molar refractivity (Wildman–Crippen MR) is 75.0 cm³/mol. The Labute approximate surface area is 118 Å². The molecule has 0 atom stereocenters. The van der Waals surface area contributed by atoms with Crippen LogP contribution >= 0.6 is 0 Å². The van der Waals surface area contributed by atoms with E-state index in [-0.39, 0.29) is 6.42 Å². The first-order chi connectivity index (χ1) is 9.56. The van der Waals surface area contributed by atoms with Gasteiger partial charge in [-0.05, 0) is 61.6 Å². The first-order valence-corrected chi connectivity index (χ1v) is 7.11. The molecule has 1 aliphatic rings. The topological polar surface area (TPSA) is 74.6 Å². The fraction of sp³-hybridized carbons (Fsp3) is 0.500. The molecule has 0 heterocycles. The second kappa shape index (κ2) is 6.55. The highest BCUT2D eigenvalue weighted by atomic mass is 16.4. The third-order valence-corrected chi connectivity index (χ3v) is 4.24. The summed E-state index contributed by atoms with van der Waals surface area (Å²) in [5.74, 6) is -0.593. The van der Waals surface area contributed by atoms with E-state index in [2.05, 4.69) is 0 Å². The highest BCUT2D eigenvalue weighted by Crippen LogP contribution is 2.37. The van der Waals surface area contributed by atoms with E-state index >= 15 is 0 Å². The number of carboxylic acids is 2. The number of rotatable bonds is 5. The SMILES string of the molecule is O=C(O)CCC1CCC(c2ccc(C(=O)O)cc2)CC1. The van der Waals surface area contributed by atoms with E-state index in [4.69, 9.17) is 10.2 Å². The van der Waals surface area contributed by atoms with Gasteiger partial charge in [0.2, 0.25) is 0 Å². The lowest BCUT2D eigenvalue weighted by atomic mass is 9.77. The zero-order valence-corrected chi connectivity index (χ0v) is 11.4. The largest absolute Gasteiger partial charge is 0.481 e. The minimum atomic E-state index is -0.895. The summed E-state index contributed by atoms with van der Waals surface area (Å²) < 4.78 is 0. The maximum absolute atomic E-state index is 10.8. The Kier molecular flexibility index (Phi) is 4.77. The van der Waals surface area contributed by atoms with Crippen LogP contribution in [0.3, 0.4) is 0 Å². The smallest absolute Gasteiger partial charge is 0.335 e. The van der Waals surface area contributed by atoms with Gasteiger partial charge in [0.1, 0.15) is 0 Å². The average Bonchev–Trinajstić information content (AvgIpc) is 2.46. The first kappa shape index (κ1) is 14.6. The Morgan fingerprint density at radius 2 is 1.60 bits per heavy atom. The molecule has 1 aliphatic carbocycles. The molecule has 2 N–H and O–H groups in total. The van der Waals surface area contributed by atoms with Crippen molar-refractivity contribution in [3.8, 4) is 0 Å². The van der Waals surface area contributed by atoms with Crippen molar-refractivity contribution in [1.82, 2.24) is 0 Å². The molecule has 4 heteroatoms. The minimum Gasteiger partial charge on any atom is -0.481 e. The molecule has 0 amide bonds. The van der Waals surface area contributed by atoms with Crippen LogP contribution in [-0.2, 0) is 4.79 Å². The van der Waals surface area contributed by atoms with Gasteiger partial charge < -0.3 is 10.2 Å². The third kappa shape index (κ3) is 3.83. The number of aliphatic carboxylic acids is 1. The van der Waals surface area contributed by atoms with E-state index in [9.17, 15) is 9.59 Å². The van der Waals surface area contributed by atoms with Crippen LogP contribution in [0.1, 0.15) is 60.4 Å². The number of hydrogen-bond donors (Lipinski definition) is 2. The van der Waals surface area contributed by atoms with Gasteiger partial charge in [-0.25, -0.2) is 4.79 Å². The van der Waals surface area contributed by atoms with Crippen LogP contribution in [0.25, 0.3) is 0 Å². The number of hydrogen-bond acceptors (Lipinski definition) is 2. The Bertz CT molecular complexity index is 470. The zero-order valence-electron chi connectivity index (χ0n) is 11.4. The number of carboxylic acid groups (broad SMARTS) is 2. The first-order valence-electron chi connectivity index (χ1n) is 7.11. The monoisotopic (exact) mass is 276 g/mol. The van der Waals surface area contributed by atoms with Gasteiger partial charge in [-0.2, -0.15) is 0 Å². The minimum absolute atomic E-state index is 0.267. The Hall–Kier alpha value is -1.84. The molecule has 1 saturated carbocycles. The molecule has 108 valence electrons. The second-order valence-corrected chi connectivity index (χ2v) is 5.58. The zero-order chi connectivity index (χ0) is 14.5. The van der Waals surface area contributed by atoms with E-state index in [1.54, 1.807) is 12.1 Å². The van der Waals surface area contributed by atoms with Crippen molar-refractivity contribution >= 4 is 11.9 Å². The van der Waals surface area contributed by atoms with E-state index in [1.165, 1.54) is 5.56 Å². The normalized spacial score (nSPS) is 22.4. The Balaban J connectivity index is 1.87. The number of carbonyl (C=O) groups is 2. The molecule has 20 heavy (non-hydrogen) atoms. The summed E-state index contributed by atoms with van der Waals surface area (Å²) in [6.07, 6.45) is 5.31. The van der Waals surface area contributed by atoms with Gasteiger partial charge >= 0.3 is 11.9 Å². The van der Waals surface area contributed by atoms with Gasteiger partial charge in [-0.3, -0.25) is 4.79 Å². The molecular formula is C16H20O4. The number of benzene rings is 1. The molecule has 0 aliphatic heterocycles. The summed E-state index contributed by atoms with van der Waals surface area (Å²) >= 11 is 0. The van der Waals surface area contributed by atoms with E-state index < -0.39 is 11.9 Å². The quantitative estimate of drug-likeness (QED) is 0.862.